The molecule has 1 aromatic heterocycles. The molecule has 2 N–H and O–H groups in total. The second kappa shape index (κ2) is 6.58. The molecule has 0 fully saturated rings. The molecule has 0 saturated carbocycles. The molecule has 2 aromatic rings. The van der Waals surface area contributed by atoms with Gasteiger partial charge in [0.1, 0.15) is 0 Å². The van der Waals surface area contributed by atoms with E-state index in [4.69, 9.17) is 0 Å². The number of hydrogen-bond acceptors (Lipinski definition) is 3. The van der Waals surface area contributed by atoms with Crippen molar-refractivity contribution in [2.45, 2.75) is 46.3 Å². The summed E-state index contributed by atoms with van der Waals surface area (Å²) < 4.78 is 2.00. The van der Waals surface area contributed by atoms with Crippen molar-refractivity contribution >= 4 is 10.9 Å². The molecule has 0 aliphatic carbocycles. The van der Waals surface area contributed by atoms with Crippen LogP contribution < -0.4 is 5.32 Å². The van der Waals surface area contributed by atoms with Crippen molar-refractivity contribution in [3.63, 3.8) is 0 Å². The standard InChI is InChI=1S/C17H27N3O/c1-5-20-16-9-7-6-8-14(16)15(19-20)10-17(4,21)12-18-11-13(2)3/h6-9,13,18,21H,5,10-12H2,1-4H3. The maximum Gasteiger partial charge on any atom is 0.0799 e. The Hall–Kier alpha value is -1.39. The van der Waals surface area contributed by atoms with Gasteiger partial charge in [-0.1, -0.05) is 32.0 Å². The summed E-state index contributed by atoms with van der Waals surface area (Å²) in [5.74, 6) is 0.584. The van der Waals surface area contributed by atoms with Crippen molar-refractivity contribution in [1.82, 2.24) is 15.1 Å². The highest BCUT2D eigenvalue weighted by atomic mass is 16.3. The second-order valence-corrected chi connectivity index (χ2v) is 6.48. The Morgan fingerprint density at radius 1 is 1.33 bits per heavy atom. The summed E-state index contributed by atoms with van der Waals surface area (Å²) in [7, 11) is 0. The molecule has 4 nitrogen and oxygen atoms in total. The van der Waals surface area contributed by atoms with Crippen LogP contribution in [0, 0.1) is 5.92 Å². The van der Waals surface area contributed by atoms with E-state index in [-0.39, 0.29) is 0 Å². The normalized spacial score (nSPS) is 14.8. The Balaban J connectivity index is 2.15. The Kier molecular flexibility index (Phi) is 5.01. The summed E-state index contributed by atoms with van der Waals surface area (Å²) in [4.78, 5) is 0. The van der Waals surface area contributed by atoms with Gasteiger partial charge in [0, 0.05) is 24.9 Å². The first-order chi connectivity index (χ1) is 9.93. The van der Waals surface area contributed by atoms with Crippen LogP contribution in [0.25, 0.3) is 10.9 Å². The van der Waals surface area contributed by atoms with Gasteiger partial charge >= 0.3 is 0 Å². The SMILES string of the molecule is CCn1nc(CC(C)(O)CNCC(C)C)c2ccccc21. The van der Waals surface area contributed by atoms with E-state index in [9.17, 15) is 5.11 Å². The zero-order chi connectivity index (χ0) is 15.5. The van der Waals surface area contributed by atoms with Crippen LogP contribution in [-0.2, 0) is 13.0 Å². The molecule has 2 rings (SSSR count). The Morgan fingerprint density at radius 3 is 2.71 bits per heavy atom. The zero-order valence-electron chi connectivity index (χ0n) is 13.6. The first-order valence-electron chi connectivity index (χ1n) is 7.80. The molecule has 116 valence electrons. The topological polar surface area (TPSA) is 50.1 Å². The van der Waals surface area contributed by atoms with Crippen LogP contribution >= 0.6 is 0 Å². The van der Waals surface area contributed by atoms with Crippen LogP contribution in [0.5, 0.6) is 0 Å². The zero-order valence-corrected chi connectivity index (χ0v) is 13.6. The van der Waals surface area contributed by atoms with Gasteiger partial charge in [-0.25, -0.2) is 0 Å². The highest BCUT2D eigenvalue weighted by molar-refractivity contribution is 5.82. The number of nitrogens with one attached hydrogen (secondary N) is 1. The molecule has 21 heavy (non-hydrogen) atoms. The molecule has 0 bridgehead atoms. The maximum absolute atomic E-state index is 10.6. The van der Waals surface area contributed by atoms with Crippen LogP contribution in [0.15, 0.2) is 24.3 Å². The van der Waals surface area contributed by atoms with E-state index >= 15 is 0 Å². The van der Waals surface area contributed by atoms with E-state index in [1.165, 1.54) is 0 Å². The molecule has 0 saturated heterocycles. The highest BCUT2D eigenvalue weighted by Gasteiger charge is 2.24. The van der Waals surface area contributed by atoms with E-state index < -0.39 is 5.60 Å². The number of rotatable bonds is 7. The van der Waals surface area contributed by atoms with Gasteiger partial charge in [-0.3, -0.25) is 4.68 Å². The molecule has 0 aliphatic heterocycles. The van der Waals surface area contributed by atoms with E-state index in [2.05, 4.69) is 43.3 Å². The Labute approximate surface area is 127 Å². The minimum absolute atomic E-state index is 0.561. The monoisotopic (exact) mass is 289 g/mol. The summed E-state index contributed by atoms with van der Waals surface area (Å²) in [5, 5.41) is 19.7. The minimum atomic E-state index is -0.787. The van der Waals surface area contributed by atoms with Crippen LogP contribution in [0.4, 0.5) is 0 Å². The van der Waals surface area contributed by atoms with Crippen molar-refractivity contribution in [2.24, 2.45) is 5.92 Å². The van der Waals surface area contributed by atoms with Gasteiger partial charge in [0.05, 0.1) is 16.8 Å². The highest BCUT2D eigenvalue weighted by Crippen LogP contribution is 2.22. The van der Waals surface area contributed by atoms with Crippen LogP contribution in [0.3, 0.4) is 0 Å². The summed E-state index contributed by atoms with van der Waals surface area (Å²) in [6.45, 7) is 10.6. The lowest BCUT2D eigenvalue weighted by molar-refractivity contribution is 0.0587. The molecule has 4 heteroatoms. The second-order valence-electron chi connectivity index (χ2n) is 6.48. The van der Waals surface area contributed by atoms with Crippen molar-refractivity contribution in [3.8, 4) is 0 Å². The third-order valence-corrected chi connectivity index (χ3v) is 3.64. The molecule has 0 radical (unpaired) electrons. The molecule has 0 spiro atoms. The number of aryl methyl sites for hydroxylation is 1. The molecule has 0 amide bonds. The van der Waals surface area contributed by atoms with E-state index in [0.717, 1.165) is 29.7 Å². The summed E-state index contributed by atoms with van der Waals surface area (Å²) in [5.41, 5.74) is 1.33. The molecule has 1 atom stereocenters. The van der Waals surface area contributed by atoms with Gasteiger partial charge in [-0.2, -0.15) is 5.10 Å². The Bertz CT molecular complexity index is 587. The van der Waals surface area contributed by atoms with Gasteiger partial charge in [0.25, 0.3) is 0 Å². The average molecular weight is 289 g/mol. The number of para-hydroxylation sites is 1. The predicted octanol–water partition coefficient (Wildman–Crippen LogP) is 2.60. The van der Waals surface area contributed by atoms with Crippen LogP contribution in [0.1, 0.15) is 33.4 Å². The average Bonchev–Trinajstić information content (AvgIpc) is 2.76. The predicted molar refractivity (Wildman–Crippen MR) is 87.4 cm³/mol. The Morgan fingerprint density at radius 2 is 2.05 bits per heavy atom. The quantitative estimate of drug-likeness (QED) is 0.824. The number of fused-ring (bicyclic) bond motifs is 1. The summed E-state index contributed by atoms with van der Waals surface area (Å²) >= 11 is 0. The molecule has 0 aliphatic rings. The van der Waals surface area contributed by atoms with E-state index in [0.29, 0.717) is 18.9 Å². The molecule has 1 heterocycles. The maximum atomic E-state index is 10.6. The van der Waals surface area contributed by atoms with Crippen molar-refractivity contribution in [3.05, 3.63) is 30.0 Å². The van der Waals surface area contributed by atoms with Gasteiger partial charge in [-0.05, 0) is 32.4 Å². The lowest BCUT2D eigenvalue weighted by atomic mass is 9.98. The number of aromatic nitrogens is 2. The van der Waals surface area contributed by atoms with Crippen molar-refractivity contribution in [2.75, 3.05) is 13.1 Å². The van der Waals surface area contributed by atoms with Crippen LogP contribution in [-0.4, -0.2) is 33.6 Å². The van der Waals surface area contributed by atoms with Crippen molar-refractivity contribution < 1.29 is 5.11 Å². The summed E-state index contributed by atoms with van der Waals surface area (Å²) in [6, 6.07) is 8.23. The first kappa shape index (κ1) is 16.0. The van der Waals surface area contributed by atoms with Crippen LogP contribution in [0.2, 0.25) is 0 Å². The van der Waals surface area contributed by atoms with Gasteiger partial charge in [0.2, 0.25) is 0 Å². The lowest BCUT2D eigenvalue weighted by Crippen LogP contribution is -2.41. The summed E-state index contributed by atoms with van der Waals surface area (Å²) in [6.07, 6.45) is 0.561. The minimum Gasteiger partial charge on any atom is -0.388 e. The first-order valence-corrected chi connectivity index (χ1v) is 7.80. The van der Waals surface area contributed by atoms with E-state index in [1.807, 2.05) is 23.7 Å². The molecule has 1 unspecified atom stereocenters. The fraction of sp³-hybridized carbons (Fsp3) is 0.588. The number of nitrogens with zero attached hydrogens (tertiary/aromatic N) is 2. The fourth-order valence-corrected chi connectivity index (χ4v) is 2.62. The number of hydrogen-bond donors (Lipinski definition) is 2. The third-order valence-electron chi connectivity index (χ3n) is 3.64. The number of benzene rings is 1. The van der Waals surface area contributed by atoms with Gasteiger partial charge in [-0.15, -0.1) is 0 Å². The smallest absolute Gasteiger partial charge is 0.0799 e. The molecule has 1 aromatic carbocycles. The number of aliphatic hydroxyl groups is 1. The molecular formula is C17H27N3O. The van der Waals surface area contributed by atoms with Gasteiger partial charge in [0.15, 0.2) is 0 Å². The van der Waals surface area contributed by atoms with Gasteiger partial charge < -0.3 is 10.4 Å². The fourth-order valence-electron chi connectivity index (χ4n) is 2.62. The van der Waals surface area contributed by atoms with E-state index in [1.54, 1.807) is 0 Å². The lowest BCUT2D eigenvalue weighted by Gasteiger charge is -2.23. The third kappa shape index (κ3) is 4.05. The largest absolute Gasteiger partial charge is 0.388 e. The van der Waals surface area contributed by atoms with Crippen molar-refractivity contribution in [1.29, 1.82) is 0 Å². The molecular weight excluding hydrogens is 262 g/mol.